The molecule has 0 fully saturated rings. The molecule has 0 spiro atoms. The quantitative estimate of drug-likeness (QED) is 0.555. The number of rotatable bonds is 9. The first-order valence-electron chi connectivity index (χ1n) is 9.97. The molecule has 0 aliphatic rings. The van der Waals surface area contributed by atoms with Gasteiger partial charge in [0.2, 0.25) is 5.91 Å². The van der Waals surface area contributed by atoms with Crippen molar-refractivity contribution >= 4 is 17.8 Å². The molecule has 0 unspecified atom stereocenters. The van der Waals surface area contributed by atoms with Crippen molar-refractivity contribution in [3.05, 3.63) is 96.1 Å². The first-order chi connectivity index (χ1) is 15.0. The highest BCUT2D eigenvalue weighted by Crippen LogP contribution is 2.23. The zero-order chi connectivity index (χ0) is 22.2. The summed E-state index contributed by atoms with van der Waals surface area (Å²) < 4.78 is 0. The molecule has 6 nitrogen and oxygen atoms in total. The fourth-order valence-electron chi connectivity index (χ4n) is 3.44. The molecule has 0 saturated carbocycles. The fraction of sp³-hybridized carbons (Fsp3) is 0.160. The number of primary amides is 1. The van der Waals surface area contributed by atoms with Gasteiger partial charge in [-0.1, -0.05) is 72.8 Å². The minimum Gasteiger partial charge on any atom is -0.481 e. The second-order valence-corrected chi connectivity index (χ2v) is 7.22. The van der Waals surface area contributed by atoms with Crippen LogP contribution in [0.2, 0.25) is 0 Å². The van der Waals surface area contributed by atoms with Gasteiger partial charge in [-0.25, -0.2) is 0 Å². The van der Waals surface area contributed by atoms with Crippen molar-refractivity contribution in [2.45, 2.75) is 25.4 Å². The summed E-state index contributed by atoms with van der Waals surface area (Å²) >= 11 is 0. The highest BCUT2D eigenvalue weighted by atomic mass is 16.4. The molecule has 0 aliphatic heterocycles. The largest absolute Gasteiger partial charge is 0.481 e. The second-order valence-electron chi connectivity index (χ2n) is 7.22. The van der Waals surface area contributed by atoms with E-state index >= 15 is 0 Å². The van der Waals surface area contributed by atoms with Crippen LogP contribution in [0.25, 0.3) is 11.1 Å². The van der Waals surface area contributed by atoms with E-state index in [4.69, 9.17) is 10.8 Å². The van der Waals surface area contributed by atoms with Gasteiger partial charge in [0.1, 0.15) is 6.04 Å². The van der Waals surface area contributed by atoms with Crippen LogP contribution in [-0.2, 0) is 16.1 Å². The highest BCUT2D eigenvalue weighted by Gasteiger charge is 2.29. The highest BCUT2D eigenvalue weighted by molar-refractivity contribution is 5.98. The lowest BCUT2D eigenvalue weighted by atomic mass is 10.0. The maximum Gasteiger partial charge on any atom is 0.303 e. The van der Waals surface area contributed by atoms with E-state index in [9.17, 15) is 14.4 Å². The third-order valence-electron chi connectivity index (χ3n) is 5.01. The normalized spacial score (nSPS) is 11.5. The molecule has 0 radical (unpaired) electrons. The molecule has 158 valence electrons. The van der Waals surface area contributed by atoms with Crippen LogP contribution in [0.15, 0.2) is 84.9 Å². The Morgan fingerprint density at radius 1 is 0.839 bits per heavy atom. The van der Waals surface area contributed by atoms with Crippen LogP contribution in [0.1, 0.15) is 28.8 Å². The molecule has 3 N–H and O–H groups in total. The van der Waals surface area contributed by atoms with Crippen molar-refractivity contribution in [3.63, 3.8) is 0 Å². The van der Waals surface area contributed by atoms with E-state index in [0.29, 0.717) is 5.56 Å². The van der Waals surface area contributed by atoms with Gasteiger partial charge in [0.15, 0.2) is 0 Å². The maximum atomic E-state index is 13.5. The molecule has 0 aromatic heterocycles. The van der Waals surface area contributed by atoms with Gasteiger partial charge in [0.05, 0.1) is 0 Å². The molecule has 3 aromatic carbocycles. The van der Waals surface area contributed by atoms with Crippen LogP contribution in [-0.4, -0.2) is 33.8 Å². The van der Waals surface area contributed by atoms with Crippen molar-refractivity contribution in [2.75, 3.05) is 0 Å². The van der Waals surface area contributed by atoms with Crippen molar-refractivity contribution in [3.8, 4) is 11.1 Å². The number of aliphatic carboxylic acids is 1. The predicted molar refractivity (Wildman–Crippen MR) is 118 cm³/mol. The third-order valence-corrected chi connectivity index (χ3v) is 5.01. The first-order valence-corrected chi connectivity index (χ1v) is 9.97. The van der Waals surface area contributed by atoms with Crippen molar-refractivity contribution in [1.29, 1.82) is 0 Å². The van der Waals surface area contributed by atoms with E-state index in [2.05, 4.69) is 0 Å². The molecule has 6 heteroatoms. The van der Waals surface area contributed by atoms with E-state index in [1.165, 1.54) is 4.90 Å². The average Bonchev–Trinajstić information content (AvgIpc) is 2.79. The number of nitrogens with two attached hydrogens (primary N) is 1. The van der Waals surface area contributed by atoms with E-state index < -0.39 is 17.9 Å². The standard InChI is InChI=1S/C25H24N2O4/c26-24(30)22(14-15-23(28)29)27(17-18-8-3-1-4-9-18)25(31)21-13-7-12-20(16-21)19-10-5-2-6-11-19/h1-13,16,22H,14-15,17H2,(H2,26,30)(H,28,29)/t22-/m0/s1. The third kappa shape index (κ3) is 5.79. The zero-order valence-corrected chi connectivity index (χ0v) is 17.0. The second kappa shape index (κ2) is 10.2. The summed E-state index contributed by atoms with van der Waals surface area (Å²) in [6.45, 7) is 0.141. The number of carboxylic acid groups (broad SMARTS) is 1. The van der Waals surface area contributed by atoms with Gasteiger partial charge >= 0.3 is 5.97 Å². The summed E-state index contributed by atoms with van der Waals surface area (Å²) in [6, 6.07) is 25.0. The number of carbonyl (C=O) groups excluding carboxylic acids is 2. The van der Waals surface area contributed by atoms with Gasteiger partial charge in [0, 0.05) is 18.5 Å². The number of carbonyl (C=O) groups is 3. The van der Waals surface area contributed by atoms with E-state index in [0.717, 1.165) is 16.7 Å². The lowest BCUT2D eigenvalue weighted by Crippen LogP contribution is -2.47. The Kier molecular flexibility index (Phi) is 7.17. The first kappa shape index (κ1) is 21.8. The van der Waals surface area contributed by atoms with Gasteiger partial charge in [0.25, 0.3) is 5.91 Å². The van der Waals surface area contributed by atoms with Crippen LogP contribution in [0.4, 0.5) is 0 Å². The Morgan fingerprint density at radius 2 is 1.45 bits per heavy atom. The molecule has 3 rings (SSSR count). The summed E-state index contributed by atoms with van der Waals surface area (Å²) in [5, 5.41) is 9.08. The average molecular weight is 416 g/mol. The maximum absolute atomic E-state index is 13.5. The van der Waals surface area contributed by atoms with E-state index in [-0.39, 0.29) is 25.3 Å². The molecule has 0 aliphatic carbocycles. The van der Waals surface area contributed by atoms with Crippen LogP contribution in [0, 0.1) is 0 Å². The molecular formula is C25H24N2O4. The Labute approximate surface area is 180 Å². The lowest BCUT2D eigenvalue weighted by molar-refractivity contribution is -0.137. The van der Waals surface area contributed by atoms with Crippen molar-refractivity contribution in [1.82, 2.24) is 4.90 Å². The SMILES string of the molecule is NC(=O)[C@H](CCC(=O)O)N(Cc1ccccc1)C(=O)c1cccc(-c2ccccc2)c1. The Morgan fingerprint density at radius 3 is 2.06 bits per heavy atom. The van der Waals surface area contributed by atoms with Gasteiger partial charge in [-0.15, -0.1) is 0 Å². The number of hydrogen-bond acceptors (Lipinski definition) is 3. The number of benzene rings is 3. The Hall–Kier alpha value is -3.93. The molecule has 2 amide bonds. The Balaban J connectivity index is 1.96. The minimum absolute atomic E-state index is 0.0540. The van der Waals surface area contributed by atoms with Gasteiger partial charge in [-0.05, 0) is 35.2 Å². The number of hydrogen-bond donors (Lipinski definition) is 2. The Bertz CT molecular complexity index is 1050. The summed E-state index contributed by atoms with van der Waals surface area (Å²) in [7, 11) is 0. The number of nitrogens with zero attached hydrogens (tertiary/aromatic N) is 1. The topological polar surface area (TPSA) is 101 Å². The van der Waals surface area contributed by atoms with Gasteiger partial charge in [-0.3, -0.25) is 14.4 Å². The lowest BCUT2D eigenvalue weighted by Gasteiger charge is -2.30. The summed E-state index contributed by atoms with van der Waals surface area (Å²) in [5.74, 6) is -2.16. The number of carboxylic acids is 1. The summed E-state index contributed by atoms with van der Waals surface area (Å²) in [6.07, 6.45) is -0.322. The molecule has 0 bridgehead atoms. The molecular weight excluding hydrogens is 392 g/mol. The summed E-state index contributed by atoms with van der Waals surface area (Å²) in [5.41, 5.74) is 8.64. The van der Waals surface area contributed by atoms with Gasteiger partial charge in [-0.2, -0.15) is 0 Å². The molecule has 3 aromatic rings. The van der Waals surface area contributed by atoms with Crippen LogP contribution >= 0.6 is 0 Å². The summed E-state index contributed by atoms with van der Waals surface area (Å²) in [4.78, 5) is 38.2. The van der Waals surface area contributed by atoms with E-state index in [1.54, 1.807) is 18.2 Å². The molecule has 0 saturated heterocycles. The minimum atomic E-state index is -1.05. The van der Waals surface area contributed by atoms with Crippen LogP contribution < -0.4 is 5.73 Å². The zero-order valence-electron chi connectivity index (χ0n) is 17.0. The molecule has 1 atom stereocenters. The van der Waals surface area contributed by atoms with Crippen LogP contribution in [0.5, 0.6) is 0 Å². The van der Waals surface area contributed by atoms with Gasteiger partial charge < -0.3 is 15.7 Å². The molecule has 0 heterocycles. The fourth-order valence-corrected chi connectivity index (χ4v) is 3.44. The van der Waals surface area contributed by atoms with Crippen LogP contribution in [0.3, 0.4) is 0 Å². The monoisotopic (exact) mass is 416 g/mol. The van der Waals surface area contributed by atoms with Crippen molar-refractivity contribution < 1.29 is 19.5 Å². The predicted octanol–water partition coefficient (Wildman–Crippen LogP) is 3.71. The number of amides is 2. The smallest absolute Gasteiger partial charge is 0.303 e. The van der Waals surface area contributed by atoms with Crippen molar-refractivity contribution in [2.24, 2.45) is 5.73 Å². The molecule has 31 heavy (non-hydrogen) atoms. The van der Waals surface area contributed by atoms with E-state index in [1.807, 2.05) is 66.7 Å².